The number of likely N-dealkylation sites (tertiary alicyclic amines) is 1. The lowest BCUT2D eigenvalue weighted by Gasteiger charge is -2.44. The first-order valence-electron chi connectivity index (χ1n) is 7.62. The Morgan fingerprint density at radius 2 is 1.89 bits per heavy atom. The van der Waals surface area contributed by atoms with Gasteiger partial charge in [0, 0.05) is 6.04 Å². The molecule has 1 N–H and O–H groups in total. The maximum absolute atomic E-state index is 11.5. The number of hydrogen-bond acceptors (Lipinski definition) is 2. The van der Waals surface area contributed by atoms with Gasteiger partial charge in [0.25, 0.3) is 0 Å². The third-order valence-corrected chi connectivity index (χ3v) is 5.09. The lowest BCUT2D eigenvalue weighted by atomic mass is 9.81. The van der Waals surface area contributed by atoms with Gasteiger partial charge in [-0.05, 0) is 56.9 Å². The van der Waals surface area contributed by atoms with E-state index in [1.54, 1.807) is 0 Å². The van der Waals surface area contributed by atoms with Crippen molar-refractivity contribution in [1.29, 1.82) is 0 Å². The Hall–Kier alpha value is -0.570. The van der Waals surface area contributed by atoms with Crippen molar-refractivity contribution in [2.24, 2.45) is 11.8 Å². The predicted molar refractivity (Wildman–Crippen MR) is 72.6 cm³/mol. The normalized spacial score (nSPS) is 38.6. The second-order valence-electron chi connectivity index (χ2n) is 6.22. The molecule has 2 aliphatic rings. The zero-order chi connectivity index (χ0) is 13.1. The van der Waals surface area contributed by atoms with Gasteiger partial charge in [0.2, 0.25) is 0 Å². The van der Waals surface area contributed by atoms with Gasteiger partial charge in [-0.2, -0.15) is 0 Å². The minimum atomic E-state index is -0.611. The third-order valence-electron chi connectivity index (χ3n) is 5.09. The molecule has 1 saturated heterocycles. The zero-order valence-corrected chi connectivity index (χ0v) is 11.8. The molecule has 0 aromatic heterocycles. The van der Waals surface area contributed by atoms with Crippen molar-refractivity contribution in [3.05, 3.63) is 0 Å². The van der Waals surface area contributed by atoms with Crippen LogP contribution in [-0.2, 0) is 4.79 Å². The molecule has 2 atom stereocenters. The van der Waals surface area contributed by atoms with Gasteiger partial charge in [-0.15, -0.1) is 0 Å². The first kappa shape index (κ1) is 13.9. The molecule has 3 nitrogen and oxygen atoms in total. The summed E-state index contributed by atoms with van der Waals surface area (Å²) in [6.07, 6.45) is 8.50. The van der Waals surface area contributed by atoms with Crippen LogP contribution in [0.15, 0.2) is 0 Å². The minimum absolute atomic E-state index is 0.234. The first-order valence-corrected chi connectivity index (χ1v) is 7.62. The van der Waals surface area contributed by atoms with Crippen LogP contribution in [0, 0.1) is 11.8 Å². The van der Waals surface area contributed by atoms with Crippen molar-refractivity contribution in [1.82, 2.24) is 4.90 Å². The summed E-state index contributed by atoms with van der Waals surface area (Å²) < 4.78 is 0. The smallest absolute Gasteiger partial charge is 0.321 e. The monoisotopic (exact) mass is 253 g/mol. The van der Waals surface area contributed by atoms with Crippen LogP contribution in [0.2, 0.25) is 0 Å². The number of carbonyl (C=O) groups is 1. The van der Waals surface area contributed by atoms with Crippen LogP contribution in [0.5, 0.6) is 0 Å². The Labute approximate surface area is 111 Å². The molecule has 2 rings (SSSR count). The molecule has 0 aromatic carbocycles. The molecule has 0 radical (unpaired) electrons. The number of piperidine rings is 1. The molecule has 18 heavy (non-hydrogen) atoms. The quantitative estimate of drug-likeness (QED) is 0.840. The number of carboxylic acid groups (broad SMARTS) is 1. The summed E-state index contributed by atoms with van der Waals surface area (Å²) in [6, 6.07) is 0.290. The van der Waals surface area contributed by atoms with Gasteiger partial charge >= 0.3 is 5.97 Å². The lowest BCUT2D eigenvalue weighted by molar-refractivity contribution is -0.149. The standard InChI is InChI=1S/C15H27NO2/c1-3-12-6-8-13(9-7-12)16-10-4-5-11(2)14(16)15(17)18/h11-14H,3-10H2,1-2H3,(H,17,18). The number of nitrogens with zero attached hydrogens (tertiary/aromatic N) is 1. The summed E-state index contributed by atoms with van der Waals surface area (Å²) in [4.78, 5) is 13.8. The van der Waals surface area contributed by atoms with E-state index in [0.29, 0.717) is 12.0 Å². The molecule has 1 aliphatic heterocycles. The molecule has 3 heteroatoms. The largest absolute Gasteiger partial charge is 0.480 e. The molecule has 1 saturated carbocycles. The summed E-state index contributed by atoms with van der Waals surface area (Å²) in [5, 5.41) is 9.47. The van der Waals surface area contributed by atoms with Crippen LogP contribution < -0.4 is 0 Å². The van der Waals surface area contributed by atoms with Gasteiger partial charge < -0.3 is 5.11 Å². The van der Waals surface area contributed by atoms with Crippen molar-refractivity contribution in [3.8, 4) is 0 Å². The van der Waals surface area contributed by atoms with Crippen molar-refractivity contribution in [3.63, 3.8) is 0 Å². The van der Waals surface area contributed by atoms with Gasteiger partial charge in [-0.1, -0.05) is 20.3 Å². The minimum Gasteiger partial charge on any atom is -0.480 e. The van der Waals surface area contributed by atoms with Crippen LogP contribution in [0.4, 0.5) is 0 Å². The van der Waals surface area contributed by atoms with E-state index in [4.69, 9.17) is 0 Å². The Morgan fingerprint density at radius 3 is 2.44 bits per heavy atom. The molecule has 0 amide bonds. The molecular formula is C15H27NO2. The first-order chi connectivity index (χ1) is 8.63. The van der Waals surface area contributed by atoms with E-state index in [0.717, 1.165) is 18.9 Å². The van der Waals surface area contributed by atoms with Crippen molar-refractivity contribution in [2.45, 2.75) is 70.9 Å². The maximum Gasteiger partial charge on any atom is 0.321 e. The molecule has 0 bridgehead atoms. The van der Waals surface area contributed by atoms with E-state index >= 15 is 0 Å². The van der Waals surface area contributed by atoms with Crippen LogP contribution in [0.25, 0.3) is 0 Å². The van der Waals surface area contributed by atoms with E-state index in [9.17, 15) is 9.90 Å². The van der Waals surface area contributed by atoms with Gasteiger partial charge in [-0.25, -0.2) is 0 Å². The predicted octanol–water partition coefficient (Wildman–Crippen LogP) is 3.14. The molecule has 0 spiro atoms. The molecule has 0 aromatic rings. The summed E-state index contributed by atoms with van der Waals surface area (Å²) in [7, 11) is 0. The van der Waals surface area contributed by atoms with E-state index in [1.807, 2.05) is 0 Å². The average Bonchev–Trinajstić information content (AvgIpc) is 2.38. The highest BCUT2D eigenvalue weighted by Gasteiger charge is 2.38. The molecule has 1 aliphatic carbocycles. The second-order valence-corrected chi connectivity index (χ2v) is 6.22. The van der Waals surface area contributed by atoms with Crippen LogP contribution >= 0.6 is 0 Å². The highest BCUT2D eigenvalue weighted by atomic mass is 16.4. The molecular weight excluding hydrogens is 226 g/mol. The summed E-state index contributed by atoms with van der Waals surface area (Å²) >= 11 is 0. The number of aliphatic carboxylic acids is 1. The van der Waals surface area contributed by atoms with Crippen LogP contribution in [0.1, 0.15) is 58.8 Å². The Balaban J connectivity index is 2.00. The summed E-state index contributed by atoms with van der Waals surface area (Å²) in [6.45, 7) is 5.36. The Bertz CT molecular complexity index is 284. The Kier molecular flexibility index (Phi) is 4.66. The topological polar surface area (TPSA) is 40.5 Å². The number of carboxylic acids is 1. The number of hydrogen-bond donors (Lipinski definition) is 1. The molecule has 2 fully saturated rings. The Morgan fingerprint density at radius 1 is 1.22 bits per heavy atom. The SMILES string of the molecule is CCC1CCC(N2CCCC(C)C2C(=O)O)CC1. The zero-order valence-electron chi connectivity index (χ0n) is 11.8. The lowest BCUT2D eigenvalue weighted by Crippen LogP contribution is -2.54. The van der Waals surface area contributed by atoms with Gasteiger partial charge in [0.1, 0.15) is 6.04 Å². The van der Waals surface area contributed by atoms with Gasteiger partial charge in [0.15, 0.2) is 0 Å². The number of rotatable bonds is 3. The van der Waals surface area contributed by atoms with Crippen molar-refractivity contribution < 1.29 is 9.90 Å². The van der Waals surface area contributed by atoms with Gasteiger partial charge in [0.05, 0.1) is 0 Å². The van der Waals surface area contributed by atoms with E-state index in [-0.39, 0.29) is 6.04 Å². The molecule has 104 valence electrons. The van der Waals surface area contributed by atoms with Crippen molar-refractivity contribution >= 4 is 5.97 Å². The van der Waals surface area contributed by atoms with Crippen LogP contribution in [-0.4, -0.2) is 34.6 Å². The fraction of sp³-hybridized carbons (Fsp3) is 0.933. The van der Waals surface area contributed by atoms with E-state index < -0.39 is 5.97 Å². The van der Waals surface area contributed by atoms with Gasteiger partial charge in [-0.3, -0.25) is 9.69 Å². The fourth-order valence-corrected chi connectivity index (χ4v) is 3.90. The highest BCUT2D eigenvalue weighted by Crippen LogP contribution is 2.34. The second kappa shape index (κ2) is 6.05. The van der Waals surface area contributed by atoms with Crippen LogP contribution in [0.3, 0.4) is 0 Å². The summed E-state index contributed by atoms with van der Waals surface area (Å²) in [5.41, 5.74) is 0. The fourth-order valence-electron chi connectivity index (χ4n) is 3.90. The summed E-state index contributed by atoms with van der Waals surface area (Å²) in [5.74, 6) is 0.576. The highest BCUT2D eigenvalue weighted by molar-refractivity contribution is 5.74. The van der Waals surface area contributed by atoms with E-state index in [1.165, 1.54) is 38.5 Å². The van der Waals surface area contributed by atoms with Crippen molar-refractivity contribution in [2.75, 3.05) is 6.54 Å². The van der Waals surface area contributed by atoms with E-state index in [2.05, 4.69) is 18.7 Å². The maximum atomic E-state index is 11.5. The third kappa shape index (κ3) is 2.87. The molecule has 2 unspecified atom stereocenters. The molecule has 1 heterocycles. The average molecular weight is 253 g/mol.